The van der Waals surface area contributed by atoms with Crippen molar-refractivity contribution in [1.29, 1.82) is 0 Å². The van der Waals surface area contributed by atoms with Gasteiger partial charge in [-0.3, -0.25) is 9.78 Å². The standard InChI is InChI=1S/C18H21ClN2O3/c1-12(2)11-24-17-15(19)8-13(9-16(17)23-3)18(22)21-10-14-6-4-5-7-20-14/h4-9,12H,10-11H2,1-3H3,(H,21,22). The number of nitrogens with zero attached hydrogens (tertiary/aromatic N) is 1. The van der Waals surface area contributed by atoms with Gasteiger partial charge in [0.15, 0.2) is 11.5 Å². The minimum absolute atomic E-state index is 0.253. The number of hydrogen-bond donors (Lipinski definition) is 1. The van der Waals surface area contributed by atoms with Crippen LogP contribution in [0.1, 0.15) is 29.9 Å². The normalized spacial score (nSPS) is 10.5. The van der Waals surface area contributed by atoms with Gasteiger partial charge in [0.2, 0.25) is 0 Å². The minimum Gasteiger partial charge on any atom is -0.493 e. The van der Waals surface area contributed by atoms with Crippen LogP contribution < -0.4 is 14.8 Å². The largest absolute Gasteiger partial charge is 0.493 e. The molecule has 0 fully saturated rings. The van der Waals surface area contributed by atoms with E-state index in [9.17, 15) is 4.79 Å². The highest BCUT2D eigenvalue weighted by Gasteiger charge is 2.16. The second kappa shape index (κ2) is 8.55. The molecular formula is C18H21ClN2O3. The first-order chi connectivity index (χ1) is 11.5. The summed E-state index contributed by atoms with van der Waals surface area (Å²) in [6, 6.07) is 8.74. The van der Waals surface area contributed by atoms with Gasteiger partial charge in [-0.25, -0.2) is 0 Å². The van der Waals surface area contributed by atoms with Gasteiger partial charge in [-0.05, 0) is 30.2 Å². The molecule has 0 atom stereocenters. The number of carbonyl (C=O) groups is 1. The molecule has 1 aromatic heterocycles. The van der Waals surface area contributed by atoms with Gasteiger partial charge in [-0.2, -0.15) is 0 Å². The number of halogens is 1. The Morgan fingerprint density at radius 3 is 2.75 bits per heavy atom. The molecule has 2 rings (SSSR count). The molecule has 24 heavy (non-hydrogen) atoms. The second-order valence-electron chi connectivity index (χ2n) is 5.70. The molecule has 2 aromatic rings. The molecule has 0 aliphatic rings. The zero-order valence-electron chi connectivity index (χ0n) is 14.0. The first kappa shape index (κ1) is 18.1. The molecule has 0 saturated heterocycles. The summed E-state index contributed by atoms with van der Waals surface area (Å²) in [4.78, 5) is 16.5. The summed E-state index contributed by atoms with van der Waals surface area (Å²) >= 11 is 6.26. The SMILES string of the molecule is COc1cc(C(=O)NCc2ccccn2)cc(Cl)c1OCC(C)C. The van der Waals surface area contributed by atoms with Crippen LogP contribution in [0.15, 0.2) is 36.5 Å². The fraction of sp³-hybridized carbons (Fsp3) is 0.333. The molecule has 6 heteroatoms. The average Bonchev–Trinajstić information content (AvgIpc) is 2.58. The summed E-state index contributed by atoms with van der Waals surface area (Å²) in [7, 11) is 1.52. The minimum atomic E-state index is -0.253. The summed E-state index contributed by atoms with van der Waals surface area (Å²) in [5.74, 6) is 0.990. The maximum Gasteiger partial charge on any atom is 0.251 e. The highest BCUT2D eigenvalue weighted by Crippen LogP contribution is 2.36. The van der Waals surface area contributed by atoms with E-state index < -0.39 is 0 Å². The van der Waals surface area contributed by atoms with Gasteiger partial charge in [0.1, 0.15) is 0 Å². The molecule has 5 nitrogen and oxygen atoms in total. The first-order valence-corrected chi connectivity index (χ1v) is 8.07. The van der Waals surface area contributed by atoms with E-state index in [0.29, 0.717) is 41.2 Å². The Labute approximate surface area is 147 Å². The van der Waals surface area contributed by atoms with Crippen LogP contribution in [0, 0.1) is 5.92 Å². The lowest BCUT2D eigenvalue weighted by Crippen LogP contribution is -2.23. The molecule has 1 aromatic carbocycles. The summed E-state index contributed by atoms with van der Waals surface area (Å²) in [6.07, 6.45) is 1.68. The predicted molar refractivity (Wildman–Crippen MR) is 93.7 cm³/mol. The van der Waals surface area contributed by atoms with Crippen molar-refractivity contribution in [3.63, 3.8) is 0 Å². The monoisotopic (exact) mass is 348 g/mol. The zero-order valence-corrected chi connectivity index (χ0v) is 14.8. The third-order valence-corrected chi connectivity index (χ3v) is 3.49. The van der Waals surface area contributed by atoms with Gasteiger partial charge in [0, 0.05) is 11.8 Å². The highest BCUT2D eigenvalue weighted by atomic mass is 35.5. The van der Waals surface area contributed by atoms with Crippen LogP contribution in [-0.4, -0.2) is 24.6 Å². The first-order valence-electron chi connectivity index (χ1n) is 7.69. The van der Waals surface area contributed by atoms with Gasteiger partial charge in [-0.15, -0.1) is 0 Å². The quantitative estimate of drug-likeness (QED) is 0.828. The van der Waals surface area contributed by atoms with E-state index in [2.05, 4.69) is 10.3 Å². The Morgan fingerprint density at radius 2 is 2.12 bits per heavy atom. The molecule has 0 spiro atoms. The maximum atomic E-state index is 12.3. The average molecular weight is 349 g/mol. The van der Waals surface area contributed by atoms with Crippen molar-refractivity contribution >= 4 is 17.5 Å². The van der Waals surface area contributed by atoms with Crippen LogP contribution in [0.4, 0.5) is 0 Å². The zero-order chi connectivity index (χ0) is 17.5. The number of rotatable bonds is 7. The lowest BCUT2D eigenvalue weighted by molar-refractivity contribution is 0.0950. The number of aromatic nitrogens is 1. The third kappa shape index (κ3) is 4.86. The lowest BCUT2D eigenvalue weighted by atomic mass is 10.1. The molecule has 1 amide bonds. The van der Waals surface area contributed by atoms with Crippen LogP contribution in [0.2, 0.25) is 5.02 Å². The summed E-state index contributed by atoms with van der Waals surface area (Å²) < 4.78 is 11.0. The van der Waals surface area contributed by atoms with Crippen LogP contribution in [0.25, 0.3) is 0 Å². The fourth-order valence-corrected chi connectivity index (χ4v) is 2.28. The predicted octanol–water partition coefficient (Wildman–Crippen LogP) is 3.71. The van der Waals surface area contributed by atoms with Crippen LogP contribution in [0.3, 0.4) is 0 Å². The molecule has 0 aliphatic carbocycles. The lowest BCUT2D eigenvalue weighted by Gasteiger charge is -2.15. The van der Waals surface area contributed by atoms with Crippen molar-refractivity contribution < 1.29 is 14.3 Å². The van der Waals surface area contributed by atoms with E-state index in [1.165, 1.54) is 7.11 Å². The number of hydrogen-bond acceptors (Lipinski definition) is 4. The summed E-state index contributed by atoms with van der Waals surface area (Å²) in [6.45, 7) is 4.94. The summed E-state index contributed by atoms with van der Waals surface area (Å²) in [5.41, 5.74) is 1.19. The van der Waals surface area contributed by atoms with E-state index in [0.717, 1.165) is 5.69 Å². The van der Waals surface area contributed by atoms with Gasteiger partial charge in [-0.1, -0.05) is 31.5 Å². The fourth-order valence-electron chi connectivity index (χ4n) is 2.02. The number of nitrogens with one attached hydrogen (secondary N) is 1. The topological polar surface area (TPSA) is 60.5 Å². The van der Waals surface area contributed by atoms with E-state index in [1.807, 2.05) is 32.0 Å². The number of methoxy groups -OCH3 is 1. The van der Waals surface area contributed by atoms with E-state index in [4.69, 9.17) is 21.1 Å². The van der Waals surface area contributed by atoms with E-state index in [-0.39, 0.29) is 5.91 Å². The third-order valence-electron chi connectivity index (χ3n) is 3.21. The number of pyridine rings is 1. The van der Waals surface area contributed by atoms with Crippen molar-refractivity contribution in [2.75, 3.05) is 13.7 Å². The Bertz CT molecular complexity index is 690. The molecule has 1 N–H and O–H groups in total. The Morgan fingerprint density at radius 1 is 1.33 bits per heavy atom. The van der Waals surface area contributed by atoms with Gasteiger partial charge in [0.05, 0.1) is 31.0 Å². The highest BCUT2D eigenvalue weighted by molar-refractivity contribution is 6.32. The summed E-state index contributed by atoms with van der Waals surface area (Å²) in [5, 5.41) is 3.15. The van der Waals surface area contributed by atoms with E-state index >= 15 is 0 Å². The van der Waals surface area contributed by atoms with Gasteiger partial charge in [0.25, 0.3) is 5.91 Å². The maximum absolute atomic E-state index is 12.3. The Hall–Kier alpha value is -2.27. The molecule has 0 radical (unpaired) electrons. The number of benzene rings is 1. The Kier molecular flexibility index (Phi) is 6.44. The number of carbonyl (C=O) groups excluding carboxylic acids is 1. The van der Waals surface area contributed by atoms with Crippen molar-refractivity contribution in [2.24, 2.45) is 5.92 Å². The van der Waals surface area contributed by atoms with E-state index in [1.54, 1.807) is 18.3 Å². The molecule has 1 heterocycles. The smallest absolute Gasteiger partial charge is 0.251 e. The Balaban J connectivity index is 2.12. The molecule has 0 unspecified atom stereocenters. The molecule has 128 valence electrons. The van der Waals surface area contributed by atoms with Crippen molar-refractivity contribution in [3.05, 3.63) is 52.8 Å². The van der Waals surface area contributed by atoms with Crippen molar-refractivity contribution in [1.82, 2.24) is 10.3 Å². The molecule has 0 saturated carbocycles. The van der Waals surface area contributed by atoms with Gasteiger partial charge >= 0.3 is 0 Å². The van der Waals surface area contributed by atoms with Crippen LogP contribution >= 0.6 is 11.6 Å². The van der Waals surface area contributed by atoms with Crippen LogP contribution in [0.5, 0.6) is 11.5 Å². The number of ether oxygens (including phenoxy) is 2. The molecular weight excluding hydrogens is 328 g/mol. The van der Waals surface area contributed by atoms with Crippen LogP contribution in [-0.2, 0) is 6.54 Å². The second-order valence-corrected chi connectivity index (χ2v) is 6.11. The van der Waals surface area contributed by atoms with Crippen molar-refractivity contribution in [3.8, 4) is 11.5 Å². The van der Waals surface area contributed by atoms with Gasteiger partial charge < -0.3 is 14.8 Å². The molecule has 0 bridgehead atoms. The molecule has 0 aliphatic heterocycles. The number of amides is 1. The van der Waals surface area contributed by atoms with Crippen molar-refractivity contribution in [2.45, 2.75) is 20.4 Å².